The molecule has 2 aromatic rings. The van der Waals surface area contributed by atoms with E-state index in [4.69, 9.17) is 16.3 Å². The predicted molar refractivity (Wildman–Crippen MR) is 102 cm³/mol. The lowest BCUT2D eigenvalue weighted by molar-refractivity contribution is -0.122. The van der Waals surface area contributed by atoms with Gasteiger partial charge in [0.1, 0.15) is 12.4 Å². The number of hydrogen-bond acceptors (Lipinski definition) is 3. The fourth-order valence-electron chi connectivity index (χ4n) is 2.32. The van der Waals surface area contributed by atoms with Crippen molar-refractivity contribution >= 4 is 23.4 Å². The number of benzene rings is 2. The molecule has 6 heteroatoms. The summed E-state index contributed by atoms with van der Waals surface area (Å²) in [6.07, 6.45) is 0. The molecule has 26 heavy (non-hydrogen) atoms. The van der Waals surface area contributed by atoms with Gasteiger partial charge in [0.15, 0.2) is 0 Å². The highest BCUT2D eigenvalue weighted by Gasteiger charge is 2.15. The first-order valence-corrected chi connectivity index (χ1v) is 8.75. The monoisotopic (exact) mass is 374 g/mol. The standard InChI is InChI=1S/C20H23ClN2O3/c1-14(2)22-19(24)12-23(3)20(25)16-6-4-15(5-7-16)13-26-18-10-8-17(21)9-11-18/h4-11,14H,12-13H2,1-3H3,(H,22,24). The molecule has 0 atom stereocenters. The molecule has 5 nitrogen and oxygen atoms in total. The van der Waals surface area contributed by atoms with Gasteiger partial charge >= 0.3 is 0 Å². The van der Waals surface area contributed by atoms with Gasteiger partial charge in [0.05, 0.1) is 6.54 Å². The number of amides is 2. The number of rotatable bonds is 7. The van der Waals surface area contributed by atoms with Gasteiger partial charge < -0.3 is 15.0 Å². The molecule has 0 aliphatic rings. The molecule has 1 N–H and O–H groups in total. The summed E-state index contributed by atoms with van der Waals surface area (Å²) < 4.78 is 5.68. The van der Waals surface area contributed by atoms with Crippen molar-refractivity contribution in [1.82, 2.24) is 10.2 Å². The molecule has 0 heterocycles. The van der Waals surface area contributed by atoms with E-state index in [2.05, 4.69) is 5.32 Å². The molecule has 2 amide bonds. The molecule has 0 fully saturated rings. The summed E-state index contributed by atoms with van der Waals surface area (Å²) in [4.78, 5) is 25.6. The molecule has 2 rings (SSSR count). The summed E-state index contributed by atoms with van der Waals surface area (Å²) in [6, 6.07) is 14.3. The van der Waals surface area contributed by atoms with Gasteiger partial charge in [-0.2, -0.15) is 0 Å². The fourth-order valence-corrected chi connectivity index (χ4v) is 2.44. The van der Waals surface area contributed by atoms with Crippen LogP contribution >= 0.6 is 11.6 Å². The average Bonchev–Trinajstić information content (AvgIpc) is 2.60. The van der Waals surface area contributed by atoms with E-state index in [0.717, 1.165) is 11.3 Å². The van der Waals surface area contributed by atoms with E-state index in [1.807, 2.05) is 26.0 Å². The Balaban J connectivity index is 1.90. The lowest BCUT2D eigenvalue weighted by atomic mass is 10.1. The smallest absolute Gasteiger partial charge is 0.254 e. The fraction of sp³-hybridized carbons (Fsp3) is 0.300. The van der Waals surface area contributed by atoms with E-state index in [1.54, 1.807) is 43.4 Å². The van der Waals surface area contributed by atoms with Crippen LogP contribution < -0.4 is 10.1 Å². The summed E-state index contributed by atoms with van der Waals surface area (Å²) in [5, 5.41) is 3.43. The second-order valence-corrected chi connectivity index (χ2v) is 6.76. The maximum Gasteiger partial charge on any atom is 0.254 e. The second kappa shape index (κ2) is 9.25. The molecule has 0 aromatic heterocycles. The quantitative estimate of drug-likeness (QED) is 0.806. The first kappa shape index (κ1) is 19.8. The van der Waals surface area contributed by atoms with Crippen LogP contribution in [0.15, 0.2) is 48.5 Å². The van der Waals surface area contributed by atoms with E-state index in [9.17, 15) is 9.59 Å². The summed E-state index contributed by atoms with van der Waals surface area (Å²) in [5.74, 6) is 0.350. The summed E-state index contributed by atoms with van der Waals surface area (Å²) in [7, 11) is 1.61. The van der Waals surface area contributed by atoms with Crippen LogP contribution in [-0.2, 0) is 11.4 Å². The Bertz CT molecular complexity index is 743. The van der Waals surface area contributed by atoms with Gasteiger partial charge in [0.2, 0.25) is 5.91 Å². The first-order chi connectivity index (χ1) is 12.3. The molecule has 0 spiro atoms. The van der Waals surface area contributed by atoms with Crippen molar-refractivity contribution in [2.24, 2.45) is 0 Å². The van der Waals surface area contributed by atoms with Gasteiger partial charge in [0.25, 0.3) is 5.91 Å². The van der Waals surface area contributed by atoms with Crippen LogP contribution in [0.4, 0.5) is 0 Å². The van der Waals surface area contributed by atoms with Crippen LogP contribution in [0.3, 0.4) is 0 Å². The zero-order valence-electron chi connectivity index (χ0n) is 15.2. The topological polar surface area (TPSA) is 58.6 Å². The Morgan fingerprint density at radius 3 is 2.27 bits per heavy atom. The van der Waals surface area contributed by atoms with Crippen molar-refractivity contribution in [2.45, 2.75) is 26.5 Å². The van der Waals surface area contributed by atoms with Crippen LogP contribution in [-0.4, -0.2) is 36.3 Å². The Morgan fingerprint density at radius 1 is 1.08 bits per heavy atom. The summed E-state index contributed by atoms with van der Waals surface area (Å²) >= 11 is 5.84. The van der Waals surface area contributed by atoms with E-state index < -0.39 is 0 Å². The third kappa shape index (κ3) is 6.08. The minimum atomic E-state index is -0.200. The number of likely N-dealkylation sites (N-methyl/N-ethyl adjacent to an activating group) is 1. The van der Waals surface area contributed by atoms with Gasteiger partial charge in [-0.1, -0.05) is 23.7 Å². The molecule has 0 aliphatic carbocycles. The summed E-state index contributed by atoms with van der Waals surface area (Å²) in [6.45, 7) is 4.18. The number of ether oxygens (including phenoxy) is 1. The van der Waals surface area contributed by atoms with Crippen LogP contribution in [0.2, 0.25) is 5.02 Å². The first-order valence-electron chi connectivity index (χ1n) is 8.37. The minimum absolute atomic E-state index is 0.0262. The van der Waals surface area contributed by atoms with Crippen LogP contribution in [0.25, 0.3) is 0 Å². The molecule has 138 valence electrons. The molecule has 0 unspecified atom stereocenters. The van der Waals surface area contributed by atoms with E-state index in [1.165, 1.54) is 4.90 Å². The van der Waals surface area contributed by atoms with Gasteiger partial charge in [-0.15, -0.1) is 0 Å². The maximum atomic E-state index is 12.4. The van der Waals surface area contributed by atoms with Gasteiger partial charge in [-0.3, -0.25) is 9.59 Å². The van der Waals surface area contributed by atoms with Gasteiger partial charge in [-0.05, 0) is 55.8 Å². The lowest BCUT2D eigenvalue weighted by Crippen LogP contribution is -2.40. The van der Waals surface area contributed by atoms with Gasteiger partial charge in [-0.25, -0.2) is 0 Å². The number of halogens is 1. The SMILES string of the molecule is CC(C)NC(=O)CN(C)C(=O)c1ccc(COc2ccc(Cl)cc2)cc1. The zero-order valence-corrected chi connectivity index (χ0v) is 15.9. The van der Waals surface area contributed by atoms with Gasteiger partial charge in [0, 0.05) is 23.7 Å². The number of carbonyl (C=O) groups is 2. The molecule has 0 bridgehead atoms. The van der Waals surface area contributed by atoms with E-state index >= 15 is 0 Å². The lowest BCUT2D eigenvalue weighted by Gasteiger charge is -2.18. The molecule has 0 aliphatic heterocycles. The molecule has 0 radical (unpaired) electrons. The van der Waals surface area contributed by atoms with Crippen molar-refractivity contribution in [1.29, 1.82) is 0 Å². The third-order valence-corrected chi connectivity index (χ3v) is 3.85. The van der Waals surface area contributed by atoms with Crippen LogP contribution in [0, 0.1) is 0 Å². The molecule has 0 saturated heterocycles. The predicted octanol–water partition coefficient (Wildman–Crippen LogP) is 3.52. The van der Waals surface area contributed by atoms with E-state index in [-0.39, 0.29) is 24.4 Å². The normalized spacial score (nSPS) is 10.5. The van der Waals surface area contributed by atoms with Crippen molar-refractivity contribution in [3.63, 3.8) is 0 Å². The Hall–Kier alpha value is -2.53. The molecule has 0 saturated carbocycles. The molecule has 2 aromatic carbocycles. The Morgan fingerprint density at radius 2 is 1.69 bits per heavy atom. The second-order valence-electron chi connectivity index (χ2n) is 6.32. The summed E-state index contributed by atoms with van der Waals surface area (Å²) in [5.41, 5.74) is 1.47. The minimum Gasteiger partial charge on any atom is -0.489 e. The zero-order chi connectivity index (χ0) is 19.1. The number of nitrogens with zero attached hydrogens (tertiary/aromatic N) is 1. The van der Waals surface area contributed by atoms with Crippen molar-refractivity contribution < 1.29 is 14.3 Å². The van der Waals surface area contributed by atoms with Crippen molar-refractivity contribution in [3.8, 4) is 5.75 Å². The highest BCUT2D eigenvalue weighted by atomic mass is 35.5. The number of nitrogens with one attached hydrogen (secondary N) is 1. The maximum absolute atomic E-state index is 12.4. The average molecular weight is 375 g/mol. The van der Waals surface area contributed by atoms with E-state index in [0.29, 0.717) is 17.2 Å². The number of carbonyl (C=O) groups excluding carboxylic acids is 2. The molecular weight excluding hydrogens is 352 g/mol. The molecular formula is C20H23ClN2O3. The van der Waals surface area contributed by atoms with Crippen LogP contribution in [0.5, 0.6) is 5.75 Å². The largest absolute Gasteiger partial charge is 0.489 e. The Kier molecular flexibility index (Phi) is 7.04. The third-order valence-electron chi connectivity index (χ3n) is 3.60. The van der Waals surface area contributed by atoms with Crippen LogP contribution in [0.1, 0.15) is 29.8 Å². The highest BCUT2D eigenvalue weighted by molar-refractivity contribution is 6.30. The van der Waals surface area contributed by atoms with Crippen molar-refractivity contribution in [3.05, 3.63) is 64.7 Å². The highest BCUT2D eigenvalue weighted by Crippen LogP contribution is 2.17. The number of hydrogen-bond donors (Lipinski definition) is 1. The van der Waals surface area contributed by atoms with Crippen molar-refractivity contribution in [2.75, 3.05) is 13.6 Å². The Labute approximate surface area is 158 Å².